The molecule has 0 radical (unpaired) electrons. The third kappa shape index (κ3) is 39.4. The fraction of sp³-hybridized carbons (Fsp3) is 0.705. The van der Waals surface area contributed by atoms with Gasteiger partial charge in [0.1, 0.15) is 6.10 Å². The third-order valence-electron chi connectivity index (χ3n) is 26.0. The number of carbonyl (C=O) groups is 9. The van der Waals surface area contributed by atoms with E-state index in [0.717, 1.165) is 182 Å². The Labute approximate surface area is 823 Å². The number of hydrogen-bond donors (Lipinski definition) is 1. The average Bonchev–Trinajstić information content (AvgIpc) is 0.927. The molecule has 4 aromatic carbocycles. The Kier molecular flexibility index (Phi) is 45.7. The van der Waals surface area contributed by atoms with Crippen LogP contribution in [0.5, 0.6) is 0 Å². The molecule has 14 rings (SSSR count). The highest BCUT2D eigenvalue weighted by atomic mass is 16.5. The second-order valence-corrected chi connectivity index (χ2v) is 47.8. The number of nitrogens with zero attached hydrogens (tertiary/aromatic N) is 12. The molecule has 136 heavy (non-hydrogen) atoms. The molecule has 9 heterocycles. The summed E-state index contributed by atoms with van der Waals surface area (Å²) >= 11 is 0. The lowest BCUT2D eigenvalue weighted by Gasteiger charge is -2.40. The van der Waals surface area contributed by atoms with Crippen LogP contribution in [0.1, 0.15) is 279 Å². The first kappa shape index (κ1) is 116. The summed E-state index contributed by atoms with van der Waals surface area (Å²) < 4.78 is 10.9. The van der Waals surface area contributed by atoms with Gasteiger partial charge < -0.3 is 68.7 Å². The summed E-state index contributed by atoms with van der Waals surface area (Å²) in [7, 11) is 2.10. The van der Waals surface area contributed by atoms with E-state index >= 15 is 0 Å². The number of morpholine rings is 2. The smallest absolute Gasteiger partial charge is 0.228 e. The summed E-state index contributed by atoms with van der Waals surface area (Å²) in [5.74, 6) is 2.89. The molecule has 9 aliphatic heterocycles. The zero-order chi connectivity index (χ0) is 101. The van der Waals surface area contributed by atoms with Crippen molar-refractivity contribution >= 4 is 58.9 Å². The fourth-order valence-corrected chi connectivity index (χ4v) is 17.9. The van der Waals surface area contributed by atoms with Crippen molar-refractivity contribution in [2.45, 2.75) is 276 Å². The first-order chi connectivity index (χ1) is 63.4. The summed E-state index contributed by atoms with van der Waals surface area (Å²) in [6, 6.07) is 40.3. The van der Waals surface area contributed by atoms with Crippen LogP contribution in [0.4, 0.5) is 5.69 Å². The third-order valence-corrected chi connectivity index (χ3v) is 26.0. The van der Waals surface area contributed by atoms with Gasteiger partial charge in [-0.2, -0.15) is 0 Å². The van der Waals surface area contributed by atoms with Crippen molar-refractivity contribution in [2.24, 2.45) is 48.7 Å². The highest BCUT2D eigenvalue weighted by Gasteiger charge is 2.39. The number of likely N-dealkylation sites (N-methyl/N-ethyl adjacent to an activating group) is 1. The standard InChI is InChI=1S/C16H23NO.C15H22N2O.C15H21NO2.C14H26N2O.C14H19NO.C10H20N2O.C10H19NO.C9H18N2O.C9H17NO2/c1-16(2,3)15(18)17-11-7-10-14(12-17)13-8-5-4-6-9-13;1-15(2,3)14(18)17-11-9-16(10-12-17)13-7-5-4-6-8-13;1-15(2,3)14(17)16-9-10-18-13(11-16)12-7-5-4-6-8-12;1-14(2,3)13(17)16-10-8-15(9-11-16)12-6-4-5-7-12;1-14(2,3)13(16)15-9-8-11-6-4-5-7-12(11)10-15;1-10(2,3)9(13)12-7-5-11(4)6-8-12;1-10(2,3)9(12)11-7-5-4-6-8-11;1-9(2,3)8(12)11-6-4-10-5-7-11;1-9(2,3)8(11)10-4-6-12-7-5-10/h4-6,8-9,14H,7,10-12H2,1-3H3;4-8H,9-12H2,1-3H3;4-8,13H,9-11H2,1-3H3;12H,4-11H2,1-3H3;4-7H,8-10H2,1-3H3;5-8H2,1-4H3;4-8H2,1-3H3;10H,4-7H2,1-3H3;4-7H2,1-3H3. The van der Waals surface area contributed by atoms with E-state index in [9.17, 15) is 43.2 Å². The van der Waals surface area contributed by atoms with Crippen LogP contribution in [0.15, 0.2) is 115 Å². The van der Waals surface area contributed by atoms with Crippen LogP contribution >= 0.6 is 0 Å². The summed E-state index contributed by atoms with van der Waals surface area (Å²) in [5, 5.41) is 3.23. The minimum Gasteiger partial charge on any atom is -0.378 e. The van der Waals surface area contributed by atoms with Crippen LogP contribution in [0.2, 0.25) is 0 Å². The molecule has 4 aromatic rings. The van der Waals surface area contributed by atoms with E-state index in [4.69, 9.17) is 9.47 Å². The highest BCUT2D eigenvalue weighted by molar-refractivity contribution is 5.86. The van der Waals surface area contributed by atoms with Crippen molar-refractivity contribution in [3.63, 3.8) is 0 Å². The van der Waals surface area contributed by atoms with Crippen molar-refractivity contribution < 1.29 is 52.6 Å². The molecule has 24 nitrogen and oxygen atoms in total. The molecule has 2 atom stereocenters. The van der Waals surface area contributed by atoms with Crippen LogP contribution < -0.4 is 10.2 Å². The molecule has 0 bridgehead atoms. The van der Waals surface area contributed by atoms with Crippen molar-refractivity contribution in [3.8, 4) is 0 Å². The zero-order valence-corrected chi connectivity index (χ0v) is 90.1. The first-order valence-electron chi connectivity index (χ1n) is 51.3. The lowest BCUT2D eigenvalue weighted by Crippen LogP contribution is -2.53. The van der Waals surface area contributed by atoms with Gasteiger partial charge in [0, 0.05) is 230 Å². The Bertz CT molecular complexity index is 4090. The number of benzene rings is 4. The van der Waals surface area contributed by atoms with Crippen molar-refractivity contribution in [3.05, 3.63) is 138 Å². The van der Waals surface area contributed by atoms with Gasteiger partial charge in [0.15, 0.2) is 0 Å². The normalized spacial score (nSPS) is 19.7. The van der Waals surface area contributed by atoms with E-state index in [2.05, 4.69) is 106 Å². The number of piperidine rings is 2. The SMILES string of the molecule is CC(C)(C)C(=O)N1CCCC(c2ccccc2)C1.CC(C)(C)C(=O)N1CCCCC1.CC(C)(C)C(=O)N1CCN(C2CCCC2)CC1.CC(C)(C)C(=O)N1CCN(c2ccccc2)CC1.CC(C)(C)C(=O)N1CCNCC1.CC(C)(C)C(=O)N1CCOC(c2ccccc2)C1.CC(C)(C)C(=O)N1CCOCC1.CC(C)(C)C(=O)N1CCc2ccccc2C1.CN1CCN(C(=O)C(C)(C)C)CC1. The number of likely N-dealkylation sites (tertiary alicyclic amines) is 2. The number of anilines is 1. The van der Waals surface area contributed by atoms with Crippen molar-refractivity contribution in [1.29, 1.82) is 0 Å². The Hall–Kier alpha value is -8.29. The molecule has 8 saturated heterocycles. The minimum absolute atomic E-state index is 0.00579. The van der Waals surface area contributed by atoms with Gasteiger partial charge in [0.2, 0.25) is 53.2 Å². The first-order valence-corrected chi connectivity index (χ1v) is 51.3. The Morgan fingerprint density at radius 1 is 0.287 bits per heavy atom. The van der Waals surface area contributed by atoms with Gasteiger partial charge in [-0.05, 0) is 92.8 Å². The number of carbonyl (C=O) groups excluding carboxylic acids is 9. The van der Waals surface area contributed by atoms with E-state index < -0.39 is 0 Å². The summed E-state index contributed by atoms with van der Waals surface area (Å²) in [5.41, 5.74) is 4.19. The topological polar surface area (TPSA) is 223 Å². The van der Waals surface area contributed by atoms with Gasteiger partial charge in [0.25, 0.3) is 0 Å². The molecule has 2 unspecified atom stereocenters. The zero-order valence-electron chi connectivity index (χ0n) is 90.1. The number of hydrogen-bond acceptors (Lipinski definition) is 15. The molecule has 1 aliphatic carbocycles. The second kappa shape index (κ2) is 53.4. The van der Waals surface area contributed by atoms with Crippen LogP contribution in [0, 0.1) is 48.7 Å². The van der Waals surface area contributed by atoms with Crippen molar-refractivity contribution in [2.75, 3.05) is 195 Å². The number of rotatable bonds is 4. The van der Waals surface area contributed by atoms with Gasteiger partial charge >= 0.3 is 0 Å². The lowest BCUT2D eigenvalue weighted by molar-refractivity contribution is -0.147. The van der Waals surface area contributed by atoms with Crippen molar-refractivity contribution in [1.82, 2.24) is 59.2 Å². The molecule has 10 aliphatic rings. The number of para-hydroxylation sites is 1. The number of nitrogens with one attached hydrogen (secondary N) is 1. The maximum atomic E-state index is 12.3. The van der Waals surface area contributed by atoms with Gasteiger partial charge in [-0.3, -0.25) is 48.1 Å². The minimum atomic E-state index is -0.321. The van der Waals surface area contributed by atoms with Crippen LogP contribution in [0.3, 0.4) is 0 Å². The second-order valence-electron chi connectivity index (χ2n) is 47.8. The predicted octanol–water partition coefficient (Wildman–Crippen LogP) is 17.4. The molecular formula is C112H185N13O11. The maximum Gasteiger partial charge on any atom is 0.228 e. The van der Waals surface area contributed by atoms with E-state index in [1.807, 2.05) is 267 Å². The Morgan fingerprint density at radius 2 is 0.618 bits per heavy atom. The summed E-state index contributed by atoms with van der Waals surface area (Å²) in [6.45, 7) is 78.5. The number of fused-ring (bicyclic) bond motifs is 1. The molecule has 9 amide bonds. The van der Waals surface area contributed by atoms with E-state index in [0.29, 0.717) is 50.6 Å². The maximum absolute atomic E-state index is 12.3. The molecule has 764 valence electrons. The molecule has 24 heteroatoms. The molecule has 0 spiro atoms. The van der Waals surface area contributed by atoms with Crippen LogP contribution in [-0.4, -0.2) is 304 Å². The lowest BCUT2D eigenvalue weighted by atomic mass is 9.88. The number of piperazine rings is 4. The Balaban J connectivity index is 0.000000236. The summed E-state index contributed by atoms with van der Waals surface area (Å²) in [6.07, 6.45) is 12.5. The monoisotopic (exact) mass is 1890 g/mol. The average molecular weight is 1890 g/mol. The van der Waals surface area contributed by atoms with E-state index in [1.54, 1.807) is 0 Å². The molecule has 1 saturated carbocycles. The highest BCUT2D eigenvalue weighted by Crippen LogP contribution is 2.34. The fourth-order valence-electron chi connectivity index (χ4n) is 17.9. The van der Waals surface area contributed by atoms with Crippen LogP contribution in [0.25, 0.3) is 0 Å². The molecule has 1 N–H and O–H groups in total. The molecule has 0 aromatic heterocycles. The molecular weight excluding hydrogens is 1700 g/mol. The summed E-state index contributed by atoms with van der Waals surface area (Å²) in [4.78, 5) is 133. The Morgan fingerprint density at radius 3 is 1.04 bits per heavy atom. The van der Waals surface area contributed by atoms with Gasteiger partial charge in [0.05, 0.1) is 26.4 Å². The number of ether oxygens (including phenoxy) is 2. The van der Waals surface area contributed by atoms with Crippen LogP contribution in [-0.2, 0) is 65.6 Å². The number of amides is 9. The molecule has 9 fully saturated rings. The van der Waals surface area contributed by atoms with E-state index in [1.165, 1.54) is 73.7 Å². The predicted molar refractivity (Wildman–Crippen MR) is 554 cm³/mol. The van der Waals surface area contributed by atoms with Gasteiger partial charge in [-0.15, -0.1) is 0 Å². The van der Waals surface area contributed by atoms with E-state index in [-0.39, 0.29) is 96.2 Å². The largest absolute Gasteiger partial charge is 0.378 e. The van der Waals surface area contributed by atoms with Gasteiger partial charge in [-0.1, -0.05) is 303 Å². The van der Waals surface area contributed by atoms with Gasteiger partial charge in [-0.25, -0.2) is 0 Å². The quantitative estimate of drug-likeness (QED) is 0.201.